The Kier molecular flexibility index (Phi) is 6.39. The van der Waals surface area contributed by atoms with Crippen molar-refractivity contribution in [1.29, 1.82) is 0 Å². The quantitative estimate of drug-likeness (QED) is 0.565. The van der Waals surface area contributed by atoms with E-state index < -0.39 is 5.97 Å². The van der Waals surface area contributed by atoms with Gasteiger partial charge in [0.05, 0.1) is 22.9 Å². The molecule has 0 unspecified atom stereocenters. The molecule has 3 aromatic rings. The summed E-state index contributed by atoms with van der Waals surface area (Å²) in [5, 5.41) is 3.30. The highest BCUT2D eigenvalue weighted by molar-refractivity contribution is 6.34. The van der Waals surface area contributed by atoms with Crippen LogP contribution in [-0.4, -0.2) is 23.1 Å². The molecule has 6 heteroatoms. The van der Waals surface area contributed by atoms with E-state index in [2.05, 4.69) is 5.32 Å². The van der Waals surface area contributed by atoms with Crippen molar-refractivity contribution in [3.63, 3.8) is 0 Å². The Bertz CT molecular complexity index is 1040. The smallest absolute Gasteiger partial charge is 0.355 e. The fourth-order valence-electron chi connectivity index (χ4n) is 3.40. The van der Waals surface area contributed by atoms with Gasteiger partial charge in [0, 0.05) is 12.2 Å². The standard InChI is InChI=1S/C23H23ClN2O3/c1-4-29-23(28)21-15(2)20(22(27)25-19-13-9-8-12-18(19)24)16(3)26(21)14-17-10-6-5-7-11-17/h5-13H,4,14H2,1-3H3,(H,25,27). The summed E-state index contributed by atoms with van der Waals surface area (Å²) in [4.78, 5) is 25.8. The van der Waals surface area contributed by atoms with E-state index in [1.807, 2.05) is 41.8 Å². The van der Waals surface area contributed by atoms with Gasteiger partial charge in [-0.15, -0.1) is 0 Å². The number of hydrogen-bond acceptors (Lipinski definition) is 3. The summed E-state index contributed by atoms with van der Waals surface area (Å²) >= 11 is 6.18. The molecule has 0 bridgehead atoms. The van der Waals surface area contributed by atoms with Crippen LogP contribution in [0.15, 0.2) is 54.6 Å². The van der Waals surface area contributed by atoms with Gasteiger partial charge in [-0.05, 0) is 44.0 Å². The molecule has 0 aliphatic rings. The summed E-state index contributed by atoms with van der Waals surface area (Å²) in [5.74, 6) is -0.758. The normalized spacial score (nSPS) is 10.6. The molecule has 3 rings (SSSR count). The number of benzene rings is 2. The zero-order valence-electron chi connectivity index (χ0n) is 16.7. The first-order valence-corrected chi connectivity index (χ1v) is 9.78. The summed E-state index contributed by atoms with van der Waals surface area (Å²) in [5.41, 5.74) is 3.66. The fraction of sp³-hybridized carbons (Fsp3) is 0.217. The number of ether oxygens (including phenoxy) is 1. The van der Waals surface area contributed by atoms with Crippen LogP contribution in [0.25, 0.3) is 0 Å². The highest BCUT2D eigenvalue weighted by Crippen LogP contribution is 2.27. The zero-order chi connectivity index (χ0) is 21.0. The van der Waals surface area contributed by atoms with Crippen LogP contribution in [0, 0.1) is 13.8 Å². The van der Waals surface area contributed by atoms with Crippen molar-refractivity contribution < 1.29 is 14.3 Å². The summed E-state index contributed by atoms with van der Waals surface area (Å²) in [7, 11) is 0. The minimum atomic E-state index is -0.444. The van der Waals surface area contributed by atoms with Crippen LogP contribution in [-0.2, 0) is 11.3 Å². The molecule has 0 atom stereocenters. The number of anilines is 1. The Hall–Kier alpha value is -3.05. The molecule has 1 amide bonds. The number of nitrogens with one attached hydrogen (secondary N) is 1. The monoisotopic (exact) mass is 410 g/mol. The molecule has 150 valence electrons. The average Bonchev–Trinajstić information content (AvgIpc) is 2.94. The molecule has 0 aliphatic carbocycles. The molecular formula is C23H23ClN2O3. The van der Waals surface area contributed by atoms with E-state index in [1.54, 1.807) is 38.1 Å². The number of carbonyl (C=O) groups is 2. The maximum absolute atomic E-state index is 13.1. The molecule has 0 radical (unpaired) electrons. The number of aromatic nitrogens is 1. The molecule has 29 heavy (non-hydrogen) atoms. The van der Waals surface area contributed by atoms with Crippen LogP contribution in [0.4, 0.5) is 5.69 Å². The van der Waals surface area contributed by atoms with E-state index in [1.165, 1.54) is 0 Å². The largest absolute Gasteiger partial charge is 0.461 e. The first kappa shape index (κ1) is 20.7. The maximum Gasteiger partial charge on any atom is 0.355 e. The van der Waals surface area contributed by atoms with Crippen molar-refractivity contribution in [2.75, 3.05) is 11.9 Å². The maximum atomic E-state index is 13.1. The number of amides is 1. The van der Waals surface area contributed by atoms with E-state index in [-0.39, 0.29) is 12.5 Å². The third-order valence-electron chi connectivity index (χ3n) is 4.77. The Balaban J connectivity index is 2.05. The minimum absolute atomic E-state index is 0.259. The molecule has 1 heterocycles. The lowest BCUT2D eigenvalue weighted by atomic mass is 10.1. The summed E-state index contributed by atoms with van der Waals surface area (Å²) in [6.45, 7) is 6.08. The van der Waals surface area contributed by atoms with Gasteiger partial charge in [-0.3, -0.25) is 4.79 Å². The van der Waals surface area contributed by atoms with E-state index in [0.717, 1.165) is 5.56 Å². The second-order valence-electron chi connectivity index (χ2n) is 6.66. The van der Waals surface area contributed by atoms with Gasteiger partial charge in [0.2, 0.25) is 0 Å². The van der Waals surface area contributed by atoms with Crippen molar-refractivity contribution in [1.82, 2.24) is 4.57 Å². The number of halogens is 1. The first-order valence-electron chi connectivity index (χ1n) is 9.40. The van der Waals surface area contributed by atoms with E-state index in [0.29, 0.717) is 39.8 Å². The SMILES string of the molecule is CCOC(=O)c1c(C)c(C(=O)Nc2ccccc2Cl)c(C)n1Cc1ccccc1. The molecule has 0 saturated heterocycles. The summed E-state index contributed by atoms with van der Waals surface area (Å²) < 4.78 is 7.10. The second-order valence-corrected chi connectivity index (χ2v) is 7.07. The van der Waals surface area contributed by atoms with E-state index in [4.69, 9.17) is 16.3 Å². The molecule has 2 aromatic carbocycles. The third kappa shape index (κ3) is 4.35. The van der Waals surface area contributed by atoms with Gasteiger partial charge in [0.15, 0.2) is 0 Å². The van der Waals surface area contributed by atoms with Crippen molar-refractivity contribution in [2.45, 2.75) is 27.3 Å². The van der Waals surface area contributed by atoms with E-state index in [9.17, 15) is 9.59 Å². The van der Waals surface area contributed by atoms with Gasteiger partial charge >= 0.3 is 5.97 Å². The molecule has 0 aliphatic heterocycles. The number of nitrogens with zero attached hydrogens (tertiary/aromatic N) is 1. The second kappa shape index (κ2) is 8.97. The lowest BCUT2D eigenvalue weighted by Gasteiger charge is -2.12. The number of esters is 1. The number of carbonyl (C=O) groups excluding carboxylic acids is 2. The van der Waals surface area contributed by atoms with E-state index >= 15 is 0 Å². The van der Waals surface area contributed by atoms with Crippen LogP contribution in [0.1, 0.15) is 44.6 Å². The highest BCUT2D eigenvalue weighted by Gasteiger charge is 2.27. The van der Waals surface area contributed by atoms with Crippen LogP contribution in [0.2, 0.25) is 5.02 Å². The minimum Gasteiger partial charge on any atom is -0.461 e. The highest BCUT2D eigenvalue weighted by atomic mass is 35.5. The van der Waals surface area contributed by atoms with Gasteiger partial charge < -0.3 is 14.6 Å². The Morgan fingerprint density at radius 2 is 1.69 bits per heavy atom. The van der Waals surface area contributed by atoms with Gasteiger partial charge in [-0.1, -0.05) is 54.1 Å². The lowest BCUT2D eigenvalue weighted by molar-refractivity contribution is 0.0513. The first-order chi connectivity index (χ1) is 13.9. The number of para-hydroxylation sites is 1. The predicted molar refractivity (Wildman–Crippen MR) is 115 cm³/mol. The summed E-state index contributed by atoms with van der Waals surface area (Å²) in [6, 6.07) is 16.8. The average molecular weight is 411 g/mol. The topological polar surface area (TPSA) is 60.3 Å². The molecule has 1 aromatic heterocycles. The van der Waals surface area contributed by atoms with Gasteiger partial charge in [0.1, 0.15) is 5.69 Å². The Morgan fingerprint density at radius 3 is 2.34 bits per heavy atom. The predicted octanol–water partition coefficient (Wildman–Crippen LogP) is 5.24. The van der Waals surface area contributed by atoms with Crippen molar-refractivity contribution in [3.05, 3.63) is 87.7 Å². The Morgan fingerprint density at radius 1 is 1.03 bits per heavy atom. The number of hydrogen-bond donors (Lipinski definition) is 1. The van der Waals surface area contributed by atoms with Crippen LogP contribution < -0.4 is 5.32 Å². The molecule has 5 nitrogen and oxygen atoms in total. The summed E-state index contributed by atoms with van der Waals surface area (Å²) in [6.07, 6.45) is 0. The van der Waals surface area contributed by atoms with Gasteiger partial charge in [-0.2, -0.15) is 0 Å². The third-order valence-corrected chi connectivity index (χ3v) is 5.10. The molecular weight excluding hydrogens is 388 g/mol. The zero-order valence-corrected chi connectivity index (χ0v) is 17.4. The van der Waals surface area contributed by atoms with Crippen LogP contribution in [0.3, 0.4) is 0 Å². The molecule has 0 fully saturated rings. The van der Waals surface area contributed by atoms with Gasteiger partial charge in [0.25, 0.3) is 5.91 Å². The van der Waals surface area contributed by atoms with Crippen LogP contribution in [0.5, 0.6) is 0 Å². The molecule has 0 spiro atoms. The van der Waals surface area contributed by atoms with Crippen molar-refractivity contribution in [3.8, 4) is 0 Å². The number of rotatable bonds is 6. The fourth-order valence-corrected chi connectivity index (χ4v) is 3.59. The Labute approximate surface area is 175 Å². The van der Waals surface area contributed by atoms with Crippen LogP contribution >= 0.6 is 11.6 Å². The van der Waals surface area contributed by atoms with Crippen molar-refractivity contribution in [2.24, 2.45) is 0 Å². The lowest BCUT2D eigenvalue weighted by Crippen LogP contribution is -2.15. The molecule has 0 saturated carbocycles. The van der Waals surface area contributed by atoms with Crippen molar-refractivity contribution >= 4 is 29.2 Å². The van der Waals surface area contributed by atoms with Gasteiger partial charge in [-0.25, -0.2) is 4.79 Å². The molecule has 1 N–H and O–H groups in total.